The van der Waals surface area contributed by atoms with Crippen LogP contribution in [0.1, 0.15) is 17.5 Å². The average Bonchev–Trinajstić information content (AvgIpc) is 2.96. The quantitative estimate of drug-likeness (QED) is 0.638. The van der Waals surface area contributed by atoms with Gasteiger partial charge < -0.3 is 9.64 Å². The number of anilines is 2. The molecule has 0 spiro atoms. The number of hydrogen-bond acceptors (Lipinski definition) is 5. The van der Waals surface area contributed by atoms with Crippen molar-refractivity contribution in [1.82, 2.24) is 9.88 Å². The predicted octanol–water partition coefficient (Wildman–Crippen LogP) is 4.42. The molecule has 0 bridgehead atoms. The highest BCUT2D eigenvalue weighted by atomic mass is 16.5. The number of benzene rings is 2. The number of nitrogens with zero attached hydrogens (tertiary/aromatic N) is 4. The maximum Gasteiger partial charge on any atom is 0.159 e. The molecule has 5 nitrogen and oxygen atoms in total. The Hall–Kier alpha value is -3.02. The van der Waals surface area contributed by atoms with Gasteiger partial charge in [0.2, 0.25) is 0 Å². The Labute approximate surface area is 177 Å². The molecule has 1 fully saturated rings. The number of morpholine rings is 1. The summed E-state index contributed by atoms with van der Waals surface area (Å²) < 4.78 is 5.48. The van der Waals surface area contributed by atoms with Gasteiger partial charge in [0.1, 0.15) is 5.69 Å². The predicted molar refractivity (Wildman–Crippen MR) is 121 cm³/mol. The monoisotopic (exact) mass is 398 g/mol. The molecule has 0 radical (unpaired) electrons. The highest BCUT2D eigenvalue weighted by molar-refractivity contribution is 6.18. The van der Waals surface area contributed by atoms with Crippen LogP contribution in [0.4, 0.5) is 17.2 Å². The number of hydrogen-bond donors (Lipinski definition) is 0. The summed E-state index contributed by atoms with van der Waals surface area (Å²) in [5.74, 6) is 0.929. The molecule has 2 aliphatic rings. The van der Waals surface area contributed by atoms with E-state index >= 15 is 0 Å². The summed E-state index contributed by atoms with van der Waals surface area (Å²) >= 11 is 0. The summed E-state index contributed by atoms with van der Waals surface area (Å²) in [6.07, 6.45) is 2.92. The molecule has 152 valence electrons. The topological polar surface area (TPSA) is 41.0 Å². The molecule has 3 aromatic rings. The lowest BCUT2D eigenvalue weighted by atomic mass is 10.00. The van der Waals surface area contributed by atoms with E-state index in [0.717, 1.165) is 74.2 Å². The van der Waals surface area contributed by atoms with Gasteiger partial charge >= 0.3 is 0 Å². The zero-order valence-electron chi connectivity index (χ0n) is 17.1. The van der Waals surface area contributed by atoms with E-state index in [0.29, 0.717) is 0 Å². The Kier molecular flexibility index (Phi) is 5.55. The molecule has 5 heteroatoms. The van der Waals surface area contributed by atoms with E-state index < -0.39 is 0 Å². The van der Waals surface area contributed by atoms with E-state index in [1.807, 2.05) is 18.3 Å². The van der Waals surface area contributed by atoms with E-state index in [2.05, 4.69) is 64.4 Å². The molecule has 0 unspecified atom stereocenters. The maximum atomic E-state index is 5.48. The van der Waals surface area contributed by atoms with Crippen LogP contribution in [0, 0.1) is 0 Å². The zero-order valence-corrected chi connectivity index (χ0v) is 17.1. The van der Waals surface area contributed by atoms with Crippen LogP contribution in [0.25, 0.3) is 0 Å². The second-order valence-corrected chi connectivity index (χ2v) is 7.65. The molecule has 1 saturated heterocycles. The van der Waals surface area contributed by atoms with Crippen LogP contribution in [-0.2, 0) is 4.74 Å². The highest BCUT2D eigenvalue weighted by Crippen LogP contribution is 2.39. The van der Waals surface area contributed by atoms with Crippen molar-refractivity contribution in [1.29, 1.82) is 0 Å². The van der Waals surface area contributed by atoms with Crippen molar-refractivity contribution >= 4 is 22.9 Å². The van der Waals surface area contributed by atoms with Crippen LogP contribution in [-0.4, -0.2) is 55.0 Å². The minimum atomic E-state index is 0.839. The molecule has 2 aliphatic heterocycles. The minimum absolute atomic E-state index is 0.839. The van der Waals surface area contributed by atoms with Gasteiger partial charge in [-0.2, -0.15) is 0 Å². The van der Waals surface area contributed by atoms with Crippen molar-refractivity contribution < 1.29 is 4.74 Å². The van der Waals surface area contributed by atoms with Crippen molar-refractivity contribution in [3.8, 4) is 0 Å². The third-order valence-electron chi connectivity index (χ3n) is 5.71. The Bertz CT molecular complexity index is 1030. The number of ether oxygens (including phenoxy) is 1. The summed E-state index contributed by atoms with van der Waals surface area (Å²) in [6.45, 7) is 5.68. The number of aliphatic imine (C=N–C) groups is 1. The van der Waals surface area contributed by atoms with Gasteiger partial charge in [0, 0.05) is 43.5 Å². The van der Waals surface area contributed by atoms with Crippen LogP contribution in [0.2, 0.25) is 0 Å². The minimum Gasteiger partial charge on any atom is -0.379 e. The second-order valence-electron chi connectivity index (χ2n) is 7.65. The molecular formula is C25H26N4O. The van der Waals surface area contributed by atoms with Crippen molar-refractivity contribution in [2.75, 3.05) is 44.3 Å². The van der Waals surface area contributed by atoms with E-state index in [1.54, 1.807) is 0 Å². The number of fused-ring (bicyclic) bond motifs is 2. The molecule has 0 amide bonds. The summed E-state index contributed by atoms with van der Waals surface area (Å²) in [5.41, 5.74) is 5.34. The average molecular weight is 399 g/mol. The van der Waals surface area contributed by atoms with Crippen LogP contribution in [0.3, 0.4) is 0 Å². The fraction of sp³-hybridized carbons (Fsp3) is 0.280. The van der Waals surface area contributed by atoms with Crippen molar-refractivity contribution in [3.63, 3.8) is 0 Å². The zero-order chi connectivity index (χ0) is 20.2. The first-order chi connectivity index (χ1) is 14.9. The van der Waals surface area contributed by atoms with Crippen molar-refractivity contribution in [3.05, 3.63) is 84.1 Å². The van der Waals surface area contributed by atoms with E-state index in [9.17, 15) is 0 Å². The van der Waals surface area contributed by atoms with Crippen molar-refractivity contribution in [2.24, 2.45) is 4.99 Å². The first-order valence-corrected chi connectivity index (χ1v) is 10.7. The van der Waals surface area contributed by atoms with Crippen molar-refractivity contribution in [2.45, 2.75) is 6.42 Å². The molecule has 5 rings (SSSR count). The Morgan fingerprint density at radius 3 is 2.50 bits per heavy atom. The van der Waals surface area contributed by atoms with Gasteiger partial charge in [-0.25, -0.2) is 9.98 Å². The first-order valence-electron chi connectivity index (χ1n) is 10.7. The molecule has 0 aliphatic carbocycles. The molecule has 2 aromatic carbocycles. The van der Waals surface area contributed by atoms with Crippen LogP contribution in [0.5, 0.6) is 0 Å². The standard InChI is InChI=1S/C25H26N4O/c1-2-8-20(9-3-1)24-21-10-4-5-12-23(21)29(25-22(27-24)11-6-13-26-25)15-7-14-28-16-18-30-19-17-28/h1-6,8-13H,7,14-19H2. The van der Waals surface area contributed by atoms with Crippen LogP contribution in [0.15, 0.2) is 77.9 Å². The maximum absolute atomic E-state index is 5.48. The van der Waals surface area contributed by atoms with Gasteiger partial charge in [0.25, 0.3) is 0 Å². The molecule has 0 N–H and O–H groups in total. The Balaban J connectivity index is 1.51. The third kappa shape index (κ3) is 3.86. The lowest BCUT2D eigenvalue weighted by Gasteiger charge is -2.29. The van der Waals surface area contributed by atoms with Gasteiger partial charge in [-0.15, -0.1) is 0 Å². The largest absolute Gasteiger partial charge is 0.379 e. The number of para-hydroxylation sites is 1. The Morgan fingerprint density at radius 2 is 1.63 bits per heavy atom. The van der Waals surface area contributed by atoms with E-state index in [-0.39, 0.29) is 0 Å². The smallest absolute Gasteiger partial charge is 0.159 e. The third-order valence-corrected chi connectivity index (χ3v) is 5.71. The molecule has 1 aromatic heterocycles. The van der Waals surface area contributed by atoms with Gasteiger partial charge in [-0.3, -0.25) is 4.90 Å². The number of pyridine rings is 1. The second kappa shape index (κ2) is 8.78. The molecule has 30 heavy (non-hydrogen) atoms. The van der Waals surface area contributed by atoms with Gasteiger partial charge in [-0.1, -0.05) is 48.5 Å². The summed E-state index contributed by atoms with van der Waals surface area (Å²) in [6, 6.07) is 23.0. The van der Waals surface area contributed by atoms with E-state index in [4.69, 9.17) is 14.7 Å². The number of rotatable bonds is 5. The van der Waals surface area contributed by atoms with Crippen LogP contribution >= 0.6 is 0 Å². The summed E-state index contributed by atoms with van der Waals surface area (Å²) in [7, 11) is 0. The fourth-order valence-corrected chi connectivity index (χ4v) is 4.21. The molecular weight excluding hydrogens is 372 g/mol. The lowest BCUT2D eigenvalue weighted by Crippen LogP contribution is -2.38. The van der Waals surface area contributed by atoms with Gasteiger partial charge in [-0.05, 0) is 24.6 Å². The first kappa shape index (κ1) is 19.0. The van der Waals surface area contributed by atoms with Crippen LogP contribution < -0.4 is 4.90 Å². The van der Waals surface area contributed by atoms with E-state index in [1.165, 1.54) is 5.69 Å². The lowest BCUT2D eigenvalue weighted by molar-refractivity contribution is 0.0377. The van der Waals surface area contributed by atoms with Gasteiger partial charge in [0.15, 0.2) is 5.82 Å². The summed E-state index contributed by atoms with van der Waals surface area (Å²) in [5, 5.41) is 0. The summed E-state index contributed by atoms with van der Waals surface area (Å²) in [4.78, 5) is 14.6. The normalized spacial score (nSPS) is 16.4. The van der Waals surface area contributed by atoms with Gasteiger partial charge in [0.05, 0.1) is 24.6 Å². The highest BCUT2D eigenvalue weighted by Gasteiger charge is 2.24. The molecule has 3 heterocycles. The Morgan fingerprint density at radius 1 is 0.833 bits per heavy atom. The SMILES string of the molecule is c1ccc(C2=Nc3cccnc3N(CCCN3CCOCC3)c3ccccc32)cc1. The molecule has 0 atom stereocenters. The molecule has 0 saturated carbocycles. The number of aromatic nitrogens is 1. The fourth-order valence-electron chi connectivity index (χ4n) is 4.21.